The van der Waals surface area contributed by atoms with Gasteiger partial charge in [-0.2, -0.15) is 4.98 Å². The molecule has 0 saturated heterocycles. The molecular formula is C13H17N3O3. The summed E-state index contributed by atoms with van der Waals surface area (Å²) in [4.78, 5) is 4.34. The molecule has 19 heavy (non-hydrogen) atoms. The molecule has 0 bridgehead atoms. The van der Waals surface area contributed by atoms with Crippen molar-refractivity contribution in [3.63, 3.8) is 0 Å². The van der Waals surface area contributed by atoms with Gasteiger partial charge in [0.15, 0.2) is 5.82 Å². The first-order valence-electron chi connectivity index (χ1n) is 6.04. The monoisotopic (exact) mass is 263 g/mol. The number of ether oxygens (including phenoxy) is 2. The Hall–Kier alpha value is -2.08. The van der Waals surface area contributed by atoms with E-state index in [-0.39, 0.29) is 0 Å². The third-order valence-electron chi connectivity index (χ3n) is 2.71. The number of rotatable bonds is 6. The fourth-order valence-corrected chi connectivity index (χ4v) is 1.78. The molecule has 2 aromatic rings. The van der Waals surface area contributed by atoms with Crippen molar-refractivity contribution in [3.05, 3.63) is 24.0 Å². The van der Waals surface area contributed by atoms with Gasteiger partial charge in [-0.3, -0.25) is 0 Å². The highest BCUT2D eigenvalue weighted by atomic mass is 16.5. The summed E-state index contributed by atoms with van der Waals surface area (Å²) < 4.78 is 15.9. The Morgan fingerprint density at radius 3 is 2.47 bits per heavy atom. The van der Waals surface area contributed by atoms with Gasteiger partial charge in [0.25, 0.3) is 5.89 Å². The fourth-order valence-electron chi connectivity index (χ4n) is 1.78. The van der Waals surface area contributed by atoms with Crippen LogP contribution in [0.2, 0.25) is 0 Å². The van der Waals surface area contributed by atoms with Crippen LogP contribution in [0.4, 0.5) is 0 Å². The molecule has 1 heterocycles. The van der Waals surface area contributed by atoms with Gasteiger partial charge in [-0.05, 0) is 25.1 Å². The number of benzene rings is 1. The Kier molecular flexibility index (Phi) is 4.35. The first-order chi connectivity index (χ1) is 9.30. The molecule has 1 aromatic carbocycles. The molecule has 6 heteroatoms. The third kappa shape index (κ3) is 2.85. The van der Waals surface area contributed by atoms with Gasteiger partial charge in [0, 0.05) is 6.42 Å². The summed E-state index contributed by atoms with van der Waals surface area (Å²) >= 11 is 0. The normalized spacial score (nSPS) is 10.5. The molecule has 1 aromatic heterocycles. The van der Waals surface area contributed by atoms with Crippen LogP contribution in [0.15, 0.2) is 22.7 Å². The summed E-state index contributed by atoms with van der Waals surface area (Å²) in [5, 5.41) is 3.93. The van der Waals surface area contributed by atoms with Crippen molar-refractivity contribution in [3.8, 4) is 23.0 Å². The molecule has 2 rings (SSSR count). The van der Waals surface area contributed by atoms with Crippen LogP contribution >= 0.6 is 0 Å². The van der Waals surface area contributed by atoms with Crippen LogP contribution in [-0.4, -0.2) is 30.9 Å². The Balaban J connectivity index is 2.37. The van der Waals surface area contributed by atoms with Crippen molar-refractivity contribution in [1.82, 2.24) is 10.1 Å². The number of methoxy groups -OCH3 is 2. The second-order valence-corrected chi connectivity index (χ2v) is 3.95. The molecule has 0 amide bonds. The Bertz CT molecular complexity index is 517. The van der Waals surface area contributed by atoms with Crippen LogP contribution in [-0.2, 0) is 6.42 Å². The highest BCUT2D eigenvalue weighted by molar-refractivity contribution is 5.70. The van der Waals surface area contributed by atoms with Gasteiger partial charge in [0.1, 0.15) is 17.1 Å². The smallest absolute Gasteiger partial charge is 0.265 e. The summed E-state index contributed by atoms with van der Waals surface area (Å²) in [5.41, 5.74) is 6.13. The van der Waals surface area contributed by atoms with E-state index >= 15 is 0 Å². The maximum absolute atomic E-state index is 5.46. The topological polar surface area (TPSA) is 83.4 Å². The Labute approximate surface area is 111 Å². The Morgan fingerprint density at radius 1 is 1.21 bits per heavy atom. The minimum atomic E-state index is 0.390. The second-order valence-electron chi connectivity index (χ2n) is 3.95. The first-order valence-corrected chi connectivity index (χ1v) is 6.04. The van der Waals surface area contributed by atoms with E-state index in [2.05, 4.69) is 10.1 Å². The largest absolute Gasteiger partial charge is 0.496 e. The van der Waals surface area contributed by atoms with E-state index in [0.29, 0.717) is 41.7 Å². The summed E-state index contributed by atoms with van der Waals surface area (Å²) in [6, 6.07) is 5.48. The second kappa shape index (κ2) is 6.19. The minimum absolute atomic E-state index is 0.390. The van der Waals surface area contributed by atoms with Crippen LogP contribution in [0.25, 0.3) is 11.5 Å². The maximum atomic E-state index is 5.46. The molecule has 2 N–H and O–H groups in total. The predicted octanol–water partition coefficient (Wildman–Crippen LogP) is 1.65. The van der Waals surface area contributed by atoms with Gasteiger partial charge in [0.05, 0.1) is 14.2 Å². The van der Waals surface area contributed by atoms with Crippen LogP contribution in [0.3, 0.4) is 0 Å². The quantitative estimate of drug-likeness (QED) is 0.853. The van der Waals surface area contributed by atoms with Crippen LogP contribution in [0.5, 0.6) is 11.5 Å². The number of aromatic nitrogens is 2. The first kappa shape index (κ1) is 13.4. The maximum Gasteiger partial charge on any atom is 0.265 e. The SMILES string of the molecule is COc1cccc(OC)c1-c1nc(CCCN)no1. The highest BCUT2D eigenvalue weighted by Gasteiger charge is 2.18. The zero-order valence-corrected chi connectivity index (χ0v) is 11.0. The average Bonchev–Trinajstić information content (AvgIpc) is 2.92. The molecule has 0 spiro atoms. The summed E-state index contributed by atoms with van der Waals surface area (Å²) in [6.45, 7) is 0.599. The average molecular weight is 263 g/mol. The Morgan fingerprint density at radius 2 is 1.89 bits per heavy atom. The highest BCUT2D eigenvalue weighted by Crippen LogP contribution is 2.37. The van der Waals surface area contributed by atoms with E-state index < -0.39 is 0 Å². The van der Waals surface area contributed by atoms with Gasteiger partial charge in [-0.15, -0.1) is 0 Å². The molecule has 0 aliphatic rings. The molecule has 0 saturated carbocycles. The van der Waals surface area contributed by atoms with Crippen molar-refractivity contribution < 1.29 is 14.0 Å². The minimum Gasteiger partial charge on any atom is -0.496 e. The zero-order chi connectivity index (χ0) is 13.7. The van der Waals surface area contributed by atoms with Crippen LogP contribution < -0.4 is 15.2 Å². The van der Waals surface area contributed by atoms with Gasteiger partial charge in [0.2, 0.25) is 0 Å². The number of nitrogens with zero attached hydrogens (tertiary/aromatic N) is 2. The number of nitrogens with two attached hydrogens (primary N) is 1. The number of aryl methyl sites for hydroxylation is 1. The van der Waals surface area contributed by atoms with Crippen molar-refractivity contribution in [1.29, 1.82) is 0 Å². The third-order valence-corrected chi connectivity index (χ3v) is 2.71. The lowest BCUT2D eigenvalue weighted by Crippen LogP contribution is -2.01. The molecule has 0 aliphatic carbocycles. The molecular weight excluding hydrogens is 246 g/mol. The van der Waals surface area contributed by atoms with E-state index in [1.54, 1.807) is 14.2 Å². The van der Waals surface area contributed by atoms with E-state index in [9.17, 15) is 0 Å². The van der Waals surface area contributed by atoms with E-state index in [1.807, 2.05) is 18.2 Å². The summed E-state index contributed by atoms with van der Waals surface area (Å²) in [6.07, 6.45) is 1.51. The van der Waals surface area contributed by atoms with Gasteiger partial charge in [-0.1, -0.05) is 11.2 Å². The standard InChI is InChI=1S/C13H17N3O3/c1-17-9-5-3-6-10(18-2)12(9)13-15-11(16-19-13)7-4-8-14/h3,5-6H,4,7-8,14H2,1-2H3. The van der Waals surface area contributed by atoms with E-state index in [0.717, 1.165) is 6.42 Å². The molecule has 6 nitrogen and oxygen atoms in total. The fraction of sp³-hybridized carbons (Fsp3) is 0.385. The predicted molar refractivity (Wildman–Crippen MR) is 70.2 cm³/mol. The summed E-state index contributed by atoms with van der Waals surface area (Å²) in [5.74, 6) is 2.29. The zero-order valence-electron chi connectivity index (χ0n) is 11.0. The molecule has 0 radical (unpaired) electrons. The van der Waals surface area contributed by atoms with Crippen LogP contribution in [0.1, 0.15) is 12.2 Å². The summed E-state index contributed by atoms with van der Waals surface area (Å²) in [7, 11) is 3.17. The molecule has 0 aliphatic heterocycles. The molecule has 102 valence electrons. The van der Waals surface area contributed by atoms with Crippen LogP contribution in [0, 0.1) is 0 Å². The lowest BCUT2D eigenvalue weighted by Gasteiger charge is -2.09. The van der Waals surface area contributed by atoms with Gasteiger partial charge >= 0.3 is 0 Å². The van der Waals surface area contributed by atoms with Gasteiger partial charge < -0.3 is 19.7 Å². The number of hydrogen-bond acceptors (Lipinski definition) is 6. The van der Waals surface area contributed by atoms with Crippen molar-refractivity contribution in [2.45, 2.75) is 12.8 Å². The lowest BCUT2D eigenvalue weighted by atomic mass is 10.1. The van der Waals surface area contributed by atoms with Crippen molar-refractivity contribution in [2.75, 3.05) is 20.8 Å². The van der Waals surface area contributed by atoms with Crippen molar-refractivity contribution in [2.24, 2.45) is 5.73 Å². The lowest BCUT2D eigenvalue weighted by molar-refractivity contribution is 0.384. The van der Waals surface area contributed by atoms with E-state index in [4.69, 9.17) is 19.7 Å². The van der Waals surface area contributed by atoms with Gasteiger partial charge in [-0.25, -0.2) is 0 Å². The molecule has 0 atom stereocenters. The van der Waals surface area contributed by atoms with E-state index in [1.165, 1.54) is 0 Å². The molecule has 0 unspecified atom stereocenters. The van der Waals surface area contributed by atoms with Crippen molar-refractivity contribution >= 4 is 0 Å². The number of hydrogen-bond donors (Lipinski definition) is 1. The molecule has 0 fully saturated rings.